The number of hydrogen-bond donors (Lipinski definition) is 3. The molecule has 1 aromatic heterocycles. The van der Waals surface area contributed by atoms with Crippen molar-refractivity contribution in [2.24, 2.45) is 12.0 Å². The molecule has 0 saturated heterocycles. The average Bonchev–Trinajstić information content (AvgIpc) is 2.96. The molecule has 31 heavy (non-hydrogen) atoms. The van der Waals surface area contributed by atoms with Gasteiger partial charge in [0, 0.05) is 45.0 Å². The highest BCUT2D eigenvalue weighted by molar-refractivity contribution is 14.0. The summed E-state index contributed by atoms with van der Waals surface area (Å²) in [5.41, 5.74) is 4.03. The second kappa shape index (κ2) is 13.0. The third kappa shape index (κ3) is 8.05. The van der Waals surface area contributed by atoms with Crippen LogP contribution in [0, 0.1) is 13.8 Å². The van der Waals surface area contributed by atoms with Crippen LogP contribution in [0.3, 0.4) is 0 Å². The molecular formula is C20H33IN6O3S. The Bertz CT molecular complexity index is 975. The highest BCUT2D eigenvalue weighted by Gasteiger charge is 2.14. The molecule has 0 saturated carbocycles. The van der Waals surface area contributed by atoms with Gasteiger partial charge in [-0.2, -0.15) is 5.10 Å². The highest BCUT2D eigenvalue weighted by atomic mass is 127. The van der Waals surface area contributed by atoms with E-state index in [1.807, 2.05) is 38.6 Å². The maximum Gasteiger partial charge on any atom is 0.240 e. The zero-order valence-corrected chi connectivity index (χ0v) is 21.9. The van der Waals surface area contributed by atoms with Gasteiger partial charge >= 0.3 is 0 Å². The van der Waals surface area contributed by atoms with Gasteiger partial charge in [0.15, 0.2) is 5.96 Å². The summed E-state index contributed by atoms with van der Waals surface area (Å²) in [4.78, 5) is 4.81. The number of benzene rings is 1. The molecule has 11 heteroatoms. The quantitative estimate of drug-likeness (QED) is 0.176. The van der Waals surface area contributed by atoms with E-state index in [9.17, 15) is 8.42 Å². The first-order chi connectivity index (χ1) is 14.3. The molecule has 0 aliphatic heterocycles. The van der Waals surface area contributed by atoms with E-state index in [1.54, 1.807) is 18.2 Å². The molecule has 0 atom stereocenters. The zero-order valence-electron chi connectivity index (χ0n) is 18.7. The minimum absolute atomic E-state index is 0. The molecule has 0 spiro atoms. The first-order valence-electron chi connectivity index (χ1n) is 9.87. The van der Waals surface area contributed by atoms with Gasteiger partial charge in [0.25, 0.3) is 0 Å². The fourth-order valence-corrected chi connectivity index (χ4v) is 4.01. The Morgan fingerprint density at radius 1 is 1.26 bits per heavy atom. The van der Waals surface area contributed by atoms with E-state index < -0.39 is 10.0 Å². The Balaban J connectivity index is 0.00000480. The van der Waals surface area contributed by atoms with Crippen LogP contribution in [0.25, 0.3) is 0 Å². The van der Waals surface area contributed by atoms with E-state index in [0.29, 0.717) is 32.2 Å². The van der Waals surface area contributed by atoms with E-state index in [0.717, 1.165) is 22.5 Å². The number of aliphatic imine (C=N–C) groups is 1. The Hall–Kier alpha value is -1.70. The van der Waals surface area contributed by atoms with Gasteiger partial charge in [0.2, 0.25) is 10.0 Å². The summed E-state index contributed by atoms with van der Waals surface area (Å²) in [7, 11) is -0.122. The fourth-order valence-electron chi connectivity index (χ4n) is 2.93. The van der Waals surface area contributed by atoms with Crippen LogP contribution in [-0.2, 0) is 34.9 Å². The Morgan fingerprint density at radius 2 is 2.00 bits per heavy atom. The molecule has 0 bridgehead atoms. The third-order valence-electron chi connectivity index (χ3n) is 4.66. The number of aryl methyl sites for hydroxylation is 2. The van der Waals surface area contributed by atoms with Crippen molar-refractivity contribution in [1.82, 2.24) is 25.1 Å². The maximum atomic E-state index is 12.4. The molecule has 0 aliphatic rings. The van der Waals surface area contributed by atoms with Gasteiger partial charge in [-0.3, -0.25) is 4.68 Å². The molecule has 2 aromatic rings. The first-order valence-corrected chi connectivity index (χ1v) is 11.4. The molecule has 0 amide bonds. The number of hydrogen-bond acceptors (Lipinski definition) is 5. The number of rotatable bonds is 10. The van der Waals surface area contributed by atoms with Crippen molar-refractivity contribution in [3.63, 3.8) is 0 Å². The van der Waals surface area contributed by atoms with E-state index in [-0.39, 0.29) is 35.4 Å². The summed E-state index contributed by atoms with van der Waals surface area (Å²) in [6, 6.07) is 6.78. The van der Waals surface area contributed by atoms with Crippen LogP contribution in [0.15, 0.2) is 34.2 Å². The van der Waals surface area contributed by atoms with Crippen molar-refractivity contribution >= 4 is 40.0 Å². The van der Waals surface area contributed by atoms with Gasteiger partial charge in [-0.1, -0.05) is 12.1 Å². The van der Waals surface area contributed by atoms with Crippen LogP contribution in [0.2, 0.25) is 0 Å². The number of sulfonamides is 1. The van der Waals surface area contributed by atoms with Crippen LogP contribution in [-0.4, -0.2) is 51.0 Å². The Labute approximate surface area is 202 Å². The second-order valence-corrected chi connectivity index (χ2v) is 8.63. The van der Waals surface area contributed by atoms with Gasteiger partial charge in [0.1, 0.15) is 0 Å². The molecule has 0 radical (unpaired) electrons. The molecule has 174 valence electrons. The molecular weight excluding hydrogens is 531 g/mol. The zero-order chi connectivity index (χ0) is 22.1. The standard InChI is InChI=1S/C20H32N6O3S.HI/c1-6-21-20(23-14-19-15(2)25-26(4)16(19)3)22-13-17-8-7-9-18(12-17)30(27,28)24-10-11-29-5;/h7-9,12,24H,6,10-11,13-14H2,1-5H3,(H2,21,22,23);1H. The molecule has 3 N–H and O–H groups in total. The van der Waals surface area contributed by atoms with Crippen molar-refractivity contribution in [1.29, 1.82) is 0 Å². The van der Waals surface area contributed by atoms with Gasteiger partial charge in [0.05, 0.1) is 23.7 Å². The first kappa shape index (κ1) is 27.3. The summed E-state index contributed by atoms with van der Waals surface area (Å²) >= 11 is 0. The van der Waals surface area contributed by atoms with Crippen molar-refractivity contribution in [2.45, 2.75) is 38.8 Å². The van der Waals surface area contributed by atoms with Crippen LogP contribution in [0.1, 0.15) is 29.4 Å². The SMILES string of the molecule is CCNC(=NCc1cccc(S(=O)(=O)NCCOC)c1)NCc1c(C)nn(C)c1C.I. The number of nitrogens with one attached hydrogen (secondary N) is 3. The lowest BCUT2D eigenvalue weighted by molar-refractivity contribution is 0.204. The minimum atomic E-state index is -3.58. The lowest BCUT2D eigenvalue weighted by atomic mass is 10.2. The average molecular weight is 564 g/mol. The van der Waals surface area contributed by atoms with Crippen molar-refractivity contribution < 1.29 is 13.2 Å². The lowest BCUT2D eigenvalue weighted by Gasteiger charge is -2.12. The van der Waals surface area contributed by atoms with Crippen LogP contribution in [0.4, 0.5) is 0 Å². The molecule has 0 fully saturated rings. The van der Waals surface area contributed by atoms with Crippen LogP contribution >= 0.6 is 24.0 Å². The smallest absolute Gasteiger partial charge is 0.240 e. The largest absolute Gasteiger partial charge is 0.383 e. The summed E-state index contributed by atoms with van der Waals surface area (Å²) in [5, 5.41) is 11.0. The number of halogens is 1. The topological polar surface area (TPSA) is 110 Å². The number of methoxy groups -OCH3 is 1. The summed E-state index contributed by atoms with van der Waals surface area (Å²) < 4.78 is 34.1. The summed E-state index contributed by atoms with van der Waals surface area (Å²) in [6.45, 7) is 8.23. The fraction of sp³-hybridized carbons (Fsp3) is 0.500. The molecule has 1 heterocycles. The summed E-state index contributed by atoms with van der Waals surface area (Å²) in [5.74, 6) is 0.659. The number of aromatic nitrogens is 2. The predicted molar refractivity (Wildman–Crippen MR) is 133 cm³/mol. The van der Waals surface area contributed by atoms with Crippen molar-refractivity contribution in [2.75, 3.05) is 26.8 Å². The predicted octanol–water partition coefficient (Wildman–Crippen LogP) is 1.83. The Kier molecular flexibility index (Phi) is 11.5. The van der Waals surface area contributed by atoms with Crippen molar-refractivity contribution in [3.8, 4) is 0 Å². The molecule has 9 nitrogen and oxygen atoms in total. The minimum Gasteiger partial charge on any atom is -0.383 e. The number of guanidine groups is 1. The van der Waals surface area contributed by atoms with E-state index in [2.05, 4.69) is 25.4 Å². The molecule has 1 aromatic carbocycles. The van der Waals surface area contributed by atoms with Gasteiger partial charge in [-0.05, 0) is 38.5 Å². The second-order valence-electron chi connectivity index (χ2n) is 6.86. The van der Waals surface area contributed by atoms with Gasteiger partial charge in [-0.15, -0.1) is 24.0 Å². The number of nitrogens with zero attached hydrogens (tertiary/aromatic N) is 3. The van der Waals surface area contributed by atoms with Gasteiger partial charge < -0.3 is 15.4 Å². The van der Waals surface area contributed by atoms with Crippen molar-refractivity contribution in [3.05, 3.63) is 46.8 Å². The van der Waals surface area contributed by atoms with E-state index >= 15 is 0 Å². The third-order valence-corrected chi connectivity index (χ3v) is 6.12. The van der Waals surface area contributed by atoms with E-state index in [4.69, 9.17) is 4.74 Å². The highest BCUT2D eigenvalue weighted by Crippen LogP contribution is 2.13. The number of ether oxygens (including phenoxy) is 1. The van der Waals surface area contributed by atoms with Gasteiger partial charge in [-0.25, -0.2) is 18.1 Å². The maximum absolute atomic E-state index is 12.4. The molecule has 0 aliphatic carbocycles. The molecule has 0 unspecified atom stereocenters. The Morgan fingerprint density at radius 3 is 2.61 bits per heavy atom. The monoisotopic (exact) mass is 564 g/mol. The normalized spacial score (nSPS) is 11.8. The van der Waals surface area contributed by atoms with E-state index in [1.165, 1.54) is 7.11 Å². The van der Waals surface area contributed by atoms with Crippen LogP contribution in [0.5, 0.6) is 0 Å². The lowest BCUT2D eigenvalue weighted by Crippen LogP contribution is -2.37. The summed E-state index contributed by atoms with van der Waals surface area (Å²) in [6.07, 6.45) is 0. The van der Waals surface area contributed by atoms with Crippen LogP contribution < -0.4 is 15.4 Å². The molecule has 2 rings (SSSR count).